The number of carbonyl (C=O) groups excluding carboxylic acids is 1. The average molecular weight is 336 g/mol. The minimum absolute atomic E-state index is 0.182. The maximum Gasteiger partial charge on any atom is 0.327 e. The van der Waals surface area contributed by atoms with E-state index in [0.717, 1.165) is 12.8 Å². The quantitative estimate of drug-likeness (QED) is 0.850. The molecule has 2 aliphatic rings. The Morgan fingerprint density at radius 2 is 1.96 bits per heavy atom. The smallest absolute Gasteiger partial charge is 0.327 e. The zero-order valence-corrected chi connectivity index (χ0v) is 13.6. The summed E-state index contributed by atoms with van der Waals surface area (Å²) >= 11 is 0. The van der Waals surface area contributed by atoms with Crippen molar-refractivity contribution >= 4 is 21.8 Å². The van der Waals surface area contributed by atoms with Crippen LogP contribution in [0.15, 0.2) is 34.2 Å². The Kier molecular flexibility index (Phi) is 4.66. The summed E-state index contributed by atoms with van der Waals surface area (Å²) in [4.78, 5) is 16.1. The third kappa shape index (κ3) is 3.72. The second-order valence-electron chi connectivity index (χ2n) is 5.95. The molecule has 1 fully saturated rings. The van der Waals surface area contributed by atoms with Gasteiger partial charge >= 0.3 is 5.97 Å². The first kappa shape index (κ1) is 16.0. The van der Waals surface area contributed by atoms with E-state index < -0.39 is 16.0 Å². The lowest BCUT2D eigenvalue weighted by molar-refractivity contribution is -0.143. The van der Waals surface area contributed by atoms with E-state index in [0.29, 0.717) is 18.1 Å². The zero-order chi connectivity index (χ0) is 16.3. The number of aliphatic imine (C=N–C) groups is 1. The van der Waals surface area contributed by atoms with Crippen LogP contribution in [0.25, 0.3) is 0 Å². The maximum atomic E-state index is 11.9. The molecule has 3 rings (SSSR count). The summed E-state index contributed by atoms with van der Waals surface area (Å²) in [5.74, 6) is 0.230. The van der Waals surface area contributed by atoms with E-state index in [1.165, 1.54) is 25.3 Å². The van der Waals surface area contributed by atoms with Crippen molar-refractivity contribution in [1.82, 2.24) is 4.72 Å². The van der Waals surface area contributed by atoms with Crippen LogP contribution in [0.1, 0.15) is 37.7 Å². The molecule has 7 heteroatoms. The molecule has 1 saturated carbocycles. The highest BCUT2D eigenvalue weighted by atomic mass is 32.2. The number of nitrogens with one attached hydrogen (secondary N) is 1. The fourth-order valence-electron chi connectivity index (χ4n) is 3.01. The van der Waals surface area contributed by atoms with Gasteiger partial charge < -0.3 is 4.74 Å². The van der Waals surface area contributed by atoms with Gasteiger partial charge in [0.15, 0.2) is 0 Å². The molecule has 0 bridgehead atoms. The predicted molar refractivity (Wildman–Crippen MR) is 85.7 cm³/mol. The first-order valence-electron chi connectivity index (χ1n) is 7.88. The van der Waals surface area contributed by atoms with Crippen LogP contribution in [0.3, 0.4) is 0 Å². The number of nitrogens with zero attached hydrogens (tertiary/aromatic N) is 1. The molecular weight excluding hydrogens is 316 g/mol. The largest absolute Gasteiger partial charge is 0.464 e. The molecular formula is C16H20N2O4S. The van der Waals surface area contributed by atoms with Gasteiger partial charge in [-0.15, -0.1) is 0 Å². The Balaban J connectivity index is 1.59. The Labute approximate surface area is 136 Å². The van der Waals surface area contributed by atoms with Crippen molar-refractivity contribution in [2.24, 2.45) is 10.9 Å². The van der Waals surface area contributed by atoms with E-state index in [9.17, 15) is 13.2 Å². The van der Waals surface area contributed by atoms with Gasteiger partial charge in [-0.2, -0.15) is 0 Å². The van der Waals surface area contributed by atoms with Crippen LogP contribution >= 0.6 is 0 Å². The average Bonchev–Trinajstić information content (AvgIpc) is 2.83. The molecule has 6 nitrogen and oxygen atoms in total. The van der Waals surface area contributed by atoms with Crippen LogP contribution in [0.2, 0.25) is 0 Å². The molecule has 0 amide bonds. The number of amidine groups is 1. The molecule has 1 aliphatic carbocycles. The molecule has 1 aliphatic heterocycles. The molecule has 1 aromatic rings. The third-order valence-electron chi connectivity index (χ3n) is 4.23. The van der Waals surface area contributed by atoms with Gasteiger partial charge in [0.25, 0.3) is 10.0 Å². The normalized spacial score (nSPS) is 21.7. The minimum atomic E-state index is -3.56. The Bertz CT molecular complexity index is 721. The maximum absolute atomic E-state index is 11.9. The summed E-state index contributed by atoms with van der Waals surface area (Å²) in [5.41, 5.74) is 0.493. The molecule has 1 N–H and O–H groups in total. The van der Waals surface area contributed by atoms with Crippen molar-refractivity contribution in [3.63, 3.8) is 0 Å². The van der Waals surface area contributed by atoms with Gasteiger partial charge in [-0.25, -0.2) is 8.42 Å². The second-order valence-corrected chi connectivity index (χ2v) is 7.60. The monoisotopic (exact) mass is 336 g/mol. The first-order valence-corrected chi connectivity index (χ1v) is 9.37. The number of fused-ring (bicyclic) bond motifs is 1. The lowest BCUT2D eigenvalue weighted by Gasteiger charge is -2.20. The number of ether oxygens (including phenoxy) is 1. The van der Waals surface area contributed by atoms with Crippen molar-refractivity contribution in [3.8, 4) is 0 Å². The summed E-state index contributed by atoms with van der Waals surface area (Å²) < 4.78 is 31.5. The lowest BCUT2D eigenvalue weighted by Crippen LogP contribution is -2.24. The summed E-state index contributed by atoms with van der Waals surface area (Å²) in [5, 5.41) is 0. The molecule has 1 aromatic carbocycles. The predicted octanol–water partition coefficient (Wildman–Crippen LogP) is 1.85. The van der Waals surface area contributed by atoms with Crippen LogP contribution in [-0.4, -0.2) is 33.4 Å². The summed E-state index contributed by atoms with van der Waals surface area (Å²) in [6, 6.07) is 6.57. The SMILES string of the molecule is O=C(CN=C1NS(=O)(=O)c2ccccc21)OCC1CCCCC1. The lowest BCUT2D eigenvalue weighted by atomic mass is 9.90. The highest BCUT2D eigenvalue weighted by Crippen LogP contribution is 2.24. The fraction of sp³-hybridized carbons (Fsp3) is 0.500. The number of benzene rings is 1. The van der Waals surface area contributed by atoms with Crippen LogP contribution in [0.4, 0.5) is 0 Å². The van der Waals surface area contributed by atoms with Crippen molar-refractivity contribution in [2.45, 2.75) is 37.0 Å². The van der Waals surface area contributed by atoms with Gasteiger partial charge in [0.1, 0.15) is 12.4 Å². The van der Waals surface area contributed by atoms with Gasteiger partial charge in [-0.05, 0) is 30.9 Å². The first-order chi connectivity index (χ1) is 11.1. The molecule has 1 heterocycles. The number of esters is 1. The van der Waals surface area contributed by atoms with Crippen molar-refractivity contribution in [3.05, 3.63) is 29.8 Å². The van der Waals surface area contributed by atoms with E-state index in [1.54, 1.807) is 18.2 Å². The molecule has 0 spiro atoms. The minimum Gasteiger partial charge on any atom is -0.464 e. The topological polar surface area (TPSA) is 84.8 Å². The third-order valence-corrected chi connectivity index (χ3v) is 5.63. The van der Waals surface area contributed by atoms with Crippen LogP contribution in [0, 0.1) is 5.92 Å². The van der Waals surface area contributed by atoms with Crippen LogP contribution in [0.5, 0.6) is 0 Å². The number of sulfonamides is 1. The highest BCUT2D eigenvalue weighted by Gasteiger charge is 2.30. The molecule has 0 atom stereocenters. The van der Waals surface area contributed by atoms with E-state index in [-0.39, 0.29) is 17.3 Å². The van der Waals surface area contributed by atoms with Crippen molar-refractivity contribution in [1.29, 1.82) is 0 Å². The van der Waals surface area contributed by atoms with Crippen LogP contribution < -0.4 is 4.72 Å². The van der Waals surface area contributed by atoms with Gasteiger partial charge in [-0.3, -0.25) is 14.5 Å². The van der Waals surface area contributed by atoms with Gasteiger partial charge in [0.2, 0.25) is 0 Å². The summed E-state index contributed by atoms with van der Waals surface area (Å²) in [6.07, 6.45) is 5.87. The highest BCUT2D eigenvalue weighted by molar-refractivity contribution is 7.90. The summed E-state index contributed by atoms with van der Waals surface area (Å²) in [7, 11) is -3.56. The Hall–Kier alpha value is -1.89. The Morgan fingerprint density at radius 3 is 2.74 bits per heavy atom. The molecule has 0 aromatic heterocycles. The number of carbonyl (C=O) groups is 1. The van der Waals surface area contributed by atoms with E-state index in [4.69, 9.17) is 4.74 Å². The number of hydrogen-bond acceptors (Lipinski definition) is 5. The molecule has 0 unspecified atom stereocenters. The van der Waals surface area contributed by atoms with Crippen molar-refractivity contribution < 1.29 is 17.9 Å². The molecule has 0 radical (unpaired) electrons. The second kappa shape index (κ2) is 6.70. The van der Waals surface area contributed by atoms with Gasteiger partial charge in [0, 0.05) is 5.56 Å². The number of hydrogen-bond donors (Lipinski definition) is 1. The van der Waals surface area contributed by atoms with E-state index >= 15 is 0 Å². The van der Waals surface area contributed by atoms with Gasteiger partial charge in [0.05, 0.1) is 11.5 Å². The molecule has 0 saturated heterocycles. The molecule has 23 heavy (non-hydrogen) atoms. The van der Waals surface area contributed by atoms with Gasteiger partial charge in [-0.1, -0.05) is 31.4 Å². The number of rotatable bonds is 4. The standard InChI is InChI=1S/C16H20N2O4S/c19-15(22-11-12-6-2-1-3-7-12)10-17-16-13-8-4-5-9-14(13)23(20,21)18-16/h4-5,8-9,12H,1-3,6-7,10-11H2,(H,17,18). The Morgan fingerprint density at radius 1 is 1.22 bits per heavy atom. The molecule has 124 valence electrons. The summed E-state index contributed by atoms with van der Waals surface area (Å²) in [6.45, 7) is 0.255. The fourth-order valence-corrected chi connectivity index (χ4v) is 4.26. The van der Waals surface area contributed by atoms with Crippen molar-refractivity contribution in [2.75, 3.05) is 13.2 Å². The van der Waals surface area contributed by atoms with E-state index in [2.05, 4.69) is 9.71 Å². The van der Waals surface area contributed by atoms with Crippen LogP contribution in [-0.2, 0) is 19.6 Å². The zero-order valence-electron chi connectivity index (χ0n) is 12.8. The van der Waals surface area contributed by atoms with E-state index in [1.807, 2.05) is 0 Å².